The van der Waals surface area contributed by atoms with Gasteiger partial charge in [-0.3, -0.25) is 10.1 Å². The van der Waals surface area contributed by atoms with Crippen LogP contribution in [0, 0.1) is 10.1 Å². The number of rotatable bonds is 5. The second kappa shape index (κ2) is 6.72. The van der Waals surface area contributed by atoms with E-state index in [1.807, 2.05) is 12.1 Å². The van der Waals surface area contributed by atoms with E-state index in [2.05, 4.69) is 15.9 Å². The fraction of sp³-hybridized carbons (Fsp3) is 0.143. The van der Waals surface area contributed by atoms with E-state index in [0.717, 1.165) is 11.1 Å². The van der Waals surface area contributed by atoms with Crippen molar-refractivity contribution in [3.8, 4) is 5.75 Å². The number of nitro groups is 1. The molecule has 0 aliphatic heterocycles. The van der Waals surface area contributed by atoms with Crippen molar-refractivity contribution in [3.63, 3.8) is 0 Å². The highest BCUT2D eigenvalue weighted by Crippen LogP contribution is 2.31. The van der Waals surface area contributed by atoms with Crippen molar-refractivity contribution >= 4 is 33.2 Å². The summed E-state index contributed by atoms with van der Waals surface area (Å²) in [5.74, 6) is 0.595. The van der Waals surface area contributed by atoms with Gasteiger partial charge < -0.3 is 4.74 Å². The van der Waals surface area contributed by atoms with Crippen LogP contribution in [0.15, 0.2) is 42.5 Å². The lowest BCUT2D eigenvalue weighted by atomic mass is 10.2. The van der Waals surface area contributed by atoms with Crippen molar-refractivity contribution in [1.82, 2.24) is 0 Å². The largest absolute Gasteiger partial charge is 0.487 e. The van der Waals surface area contributed by atoms with Crippen molar-refractivity contribution in [2.24, 2.45) is 0 Å². The highest BCUT2D eigenvalue weighted by atomic mass is 79.9. The van der Waals surface area contributed by atoms with Crippen LogP contribution < -0.4 is 4.74 Å². The molecule has 2 rings (SSSR count). The molecule has 0 aliphatic rings. The summed E-state index contributed by atoms with van der Waals surface area (Å²) in [5.41, 5.74) is 1.70. The molecule has 0 unspecified atom stereocenters. The Kier molecular flexibility index (Phi) is 4.98. The van der Waals surface area contributed by atoms with Gasteiger partial charge in [0.15, 0.2) is 0 Å². The number of benzene rings is 2. The van der Waals surface area contributed by atoms with E-state index in [1.54, 1.807) is 18.2 Å². The first kappa shape index (κ1) is 14.8. The normalized spacial score (nSPS) is 10.3. The van der Waals surface area contributed by atoms with Crippen LogP contribution in [0.2, 0.25) is 5.02 Å². The van der Waals surface area contributed by atoms with Gasteiger partial charge >= 0.3 is 0 Å². The van der Waals surface area contributed by atoms with Gasteiger partial charge in [0.2, 0.25) is 0 Å². The molecule has 2 aromatic carbocycles. The SMILES string of the molecule is O=[N+]([O-])c1cccc(COc2c(Cl)cccc2CBr)c1. The van der Waals surface area contributed by atoms with Gasteiger partial charge in [0.1, 0.15) is 12.4 Å². The molecule has 6 heteroatoms. The van der Waals surface area contributed by atoms with E-state index in [4.69, 9.17) is 16.3 Å². The van der Waals surface area contributed by atoms with Gasteiger partial charge in [-0.25, -0.2) is 0 Å². The zero-order valence-corrected chi connectivity index (χ0v) is 12.7. The monoisotopic (exact) mass is 355 g/mol. The molecule has 4 nitrogen and oxygen atoms in total. The Morgan fingerprint density at radius 2 is 2.00 bits per heavy atom. The number of ether oxygens (including phenoxy) is 1. The van der Waals surface area contributed by atoms with Gasteiger partial charge in [-0.1, -0.05) is 51.8 Å². The van der Waals surface area contributed by atoms with E-state index in [9.17, 15) is 10.1 Å². The van der Waals surface area contributed by atoms with Gasteiger partial charge in [0.25, 0.3) is 5.69 Å². The van der Waals surface area contributed by atoms with E-state index in [0.29, 0.717) is 16.1 Å². The average molecular weight is 357 g/mol. The van der Waals surface area contributed by atoms with E-state index in [1.165, 1.54) is 12.1 Å². The predicted molar refractivity (Wildman–Crippen MR) is 81.5 cm³/mol. The average Bonchev–Trinajstić information content (AvgIpc) is 2.46. The predicted octanol–water partition coefficient (Wildman–Crippen LogP) is 4.72. The zero-order valence-electron chi connectivity index (χ0n) is 10.4. The minimum atomic E-state index is -0.428. The Morgan fingerprint density at radius 3 is 2.70 bits per heavy atom. The molecule has 0 heterocycles. The molecular formula is C14H11BrClNO3. The highest BCUT2D eigenvalue weighted by Gasteiger charge is 2.10. The summed E-state index contributed by atoms with van der Waals surface area (Å²) in [6, 6.07) is 11.8. The molecule has 0 aromatic heterocycles. The van der Waals surface area contributed by atoms with Gasteiger partial charge in [-0.05, 0) is 11.6 Å². The zero-order chi connectivity index (χ0) is 14.5. The minimum absolute atomic E-state index is 0.0472. The molecule has 0 amide bonds. The smallest absolute Gasteiger partial charge is 0.269 e. The third-order valence-corrected chi connectivity index (χ3v) is 3.60. The molecule has 104 valence electrons. The Balaban J connectivity index is 2.17. The molecule has 0 spiro atoms. The minimum Gasteiger partial charge on any atom is -0.487 e. The highest BCUT2D eigenvalue weighted by molar-refractivity contribution is 9.08. The van der Waals surface area contributed by atoms with Crippen molar-refractivity contribution in [3.05, 3.63) is 68.7 Å². The molecule has 2 aromatic rings. The van der Waals surface area contributed by atoms with Crippen LogP contribution >= 0.6 is 27.5 Å². The van der Waals surface area contributed by atoms with Crippen LogP contribution in [0.4, 0.5) is 5.69 Å². The van der Waals surface area contributed by atoms with Crippen LogP contribution in [0.3, 0.4) is 0 Å². The fourth-order valence-electron chi connectivity index (χ4n) is 1.74. The first-order valence-electron chi connectivity index (χ1n) is 5.81. The Labute approximate surface area is 129 Å². The van der Waals surface area contributed by atoms with Crippen molar-refractivity contribution in [2.75, 3.05) is 0 Å². The first-order chi connectivity index (χ1) is 9.61. The Bertz CT molecular complexity index is 634. The number of nitrogens with zero attached hydrogens (tertiary/aromatic N) is 1. The lowest BCUT2D eigenvalue weighted by molar-refractivity contribution is -0.384. The summed E-state index contributed by atoms with van der Waals surface area (Å²) in [6.07, 6.45) is 0. The summed E-state index contributed by atoms with van der Waals surface area (Å²) in [4.78, 5) is 10.3. The topological polar surface area (TPSA) is 52.4 Å². The van der Waals surface area contributed by atoms with Crippen molar-refractivity contribution in [1.29, 1.82) is 0 Å². The number of hydrogen-bond donors (Lipinski definition) is 0. The maximum atomic E-state index is 10.7. The number of alkyl halides is 1. The van der Waals surface area contributed by atoms with E-state index >= 15 is 0 Å². The second-order valence-corrected chi connectivity index (χ2v) is 5.05. The summed E-state index contributed by atoms with van der Waals surface area (Å²) < 4.78 is 5.70. The number of para-hydroxylation sites is 1. The molecule has 0 saturated heterocycles. The van der Waals surface area contributed by atoms with Gasteiger partial charge in [0.05, 0.1) is 9.95 Å². The number of nitro benzene ring substituents is 1. The van der Waals surface area contributed by atoms with Crippen LogP contribution in [-0.2, 0) is 11.9 Å². The van der Waals surface area contributed by atoms with Crippen molar-refractivity contribution < 1.29 is 9.66 Å². The van der Waals surface area contributed by atoms with Gasteiger partial charge in [-0.15, -0.1) is 0 Å². The molecule has 0 atom stereocenters. The summed E-state index contributed by atoms with van der Waals surface area (Å²) in [5, 5.41) is 11.9. The molecule has 0 fully saturated rings. The summed E-state index contributed by atoms with van der Waals surface area (Å²) in [7, 11) is 0. The third-order valence-electron chi connectivity index (χ3n) is 2.70. The Morgan fingerprint density at radius 1 is 1.25 bits per heavy atom. The maximum absolute atomic E-state index is 10.7. The molecule has 0 bridgehead atoms. The standard InChI is InChI=1S/C14H11BrClNO3/c15-8-11-4-2-6-13(16)14(11)20-9-10-3-1-5-12(7-10)17(18)19/h1-7H,8-9H2. The quantitative estimate of drug-likeness (QED) is 0.442. The van der Waals surface area contributed by atoms with E-state index < -0.39 is 4.92 Å². The summed E-state index contributed by atoms with van der Waals surface area (Å²) in [6.45, 7) is 0.228. The Hall–Kier alpha value is -1.59. The van der Waals surface area contributed by atoms with Gasteiger partial charge in [0, 0.05) is 23.0 Å². The molecule has 0 aliphatic carbocycles. The number of halogens is 2. The molecule has 20 heavy (non-hydrogen) atoms. The first-order valence-corrected chi connectivity index (χ1v) is 7.31. The van der Waals surface area contributed by atoms with Gasteiger partial charge in [-0.2, -0.15) is 0 Å². The lowest BCUT2D eigenvalue weighted by Gasteiger charge is -2.11. The molecule has 0 radical (unpaired) electrons. The third kappa shape index (κ3) is 3.49. The van der Waals surface area contributed by atoms with Crippen LogP contribution in [0.25, 0.3) is 0 Å². The number of non-ortho nitro benzene ring substituents is 1. The molecule has 0 saturated carbocycles. The summed E-state index contributed by atoms with van der Waals surface area (Å²) >= 11 is 9.47. The van der Waals surface area contributed by atoms with Crippen LogP contribution in [0.1, 0.15) is 11.1 Å². The van der Waals surface area contributed by atoms with Crippen LogP contribution in [-0.4, -0.2) is 4.92 Å². The maximum Gasteiger partial charge on any atom is 0.269 e. The van der Waals surface area contributed by atoms with Crippen LogP contribution in [0.5, 0.6) is 5.75 Å². The fourth-order valence-corrected chi connectivity index (χ4v) is 2.43. The molecular weight excluding hydrogens is 346 g/mol. The van der Waals surface area contributed by atoms with Crippen molar-refractivity contribution in [2.45, 2.75) is 11.9 Å². The van der Waals surface area contributed by atoms with E-state index in [-0.39, 0.29) is 12.3 Å². The number of hydrogen-bond acceptors (Lipinski definition) is 3. The lowest BCUT2D eigenvalue weighted by Crippen LogP contribution is -1.99. The second-order valence-electron chi connectivity index (χ2n) is 4.08. The molecule has 0 N–H and O–H groups in total.